The molecule has 10 heteroatoms. The molecular weight excluding hydrogens is 324 g/mol. The molecule has 24 heavy (non-hydrogen) atoms. The van der Waals surface area contributed by atoms with Crippen molar-refractivity contribution < 1.29 is 39.6 Å². The maximum Gasteiger partial charge on any atom is 0.321 e. The van der Waals surface area contributed by atoms with Gasteiger partial charge >= 0.3 is 23.9 Å². The lowest BCUT2D eigenvalue weighted by atomic mass is 10.1. The van der Waals surface area contributed by atoms with Gasteiger partial charge in [-0.3, -0.25) is 19.2 Å². The molecule has 2 atom stereocenters. The second kappa shape index (κ2) is 12.3. The van der Waals surface area contributed by atoms with Crippen LogP contribution in [0.15, 0.2) is 0 Å². The number of unbranched alkanes of at least 4 members (excludes halogenated alkanes) is 3. The Labute approximate surface area is 138 Å². The Kier molecular flexibility index (Phi) is 11.1. The van der Waals surface area contributed by atoms with E-state index in [2.05, 4.69) is 10.6 Å². The van der Waals surface area contributed by atoms with Crippen molar-refractivity contribution in [1.29, 1.82) is 0 Å². The molecule has 0 amide bonds. The minimum atomic E-state index is -1.21. The molecule has 0 radical (unpaired) electrons. The number of rotatable bonds is 15. The Morgan fingerprint density at radius 3 is 1.21 bits per heavy atom. The van der Waals surface area contributed by atoms with Gasteiger partial charge in [0.25, 0.3) is 0 Å². The molecule has 6 N–H and O–H groups in total. The molecular formula is C14H24N2O8. The molecule has 138 valence electrons. The predicted octanol–water partition coefficient (Wildman–Crippen LogP) is -0.418. The van der Waals surface area contributed by atoms with Crippen LogP contribution in [0, 0.1) is 0 Å². The van der Waals surface area contributed by atoms with Gasteiger partial charge in [0.15, 0.2) is 0 Å². The van der Waals surface area contributed by atoms with E-state index in [1.54, 1.807) is 0 Å². The Hall–Kier alpha value is -2.20. The van der Waals surface area contributed by atoms with E-state index in [0.29, 0.717) is 25.9 Å². The van der Waals surface area contributed by atoms with Gasteiger partial charge in [-0.05, 0) is 25.9 Å². The minimum absolute atomic E-state index is 0.369. The van der Waals surface area contributed by atoms with Crippen LogP contribution in [0.1, 0.15) is 38.5 Å². The number of carboxylic acid groups (broad SMARTS) is 4. The summed E-state index contributed by atoms with van der Waals surface area (Å²) in [4.78, 5) is 42.6. The molecule has 0 bridgehead atoms. The molecule has 0 saturated heterocycles. The van der Waals surface area contributed by atoms with Gasteiger partial charge in [-0.25, -0.2) is 0 Å². The largest absolute Gasteiger partial charge is 0.481 e. The van der Waals surface area contributed by atoms with Crippen molar-refractivity contribution in [2.24, 2.45) is 0 Å². The Bertz CT molecular complexity index is 400. The van der Waals surface area contributed by atoms with E-state index < -0.39 is 48.8 Å². The van der Waals surface area contributed by atoms with Gasteiger partial charge in [0, 0.05) is 0 Å². The summed E-state index contributed by atoms with van der Waals surface area (Å²) in [5.74, 6) is -4.79. The molecule has 2 unspecified atom stereocenters. The molecule has 0 aromatic heterocycles. The van der Waals surface area contributed by atoms with Gasteiger partial charge in [-0.15, -0.1) is 0 Å². The third kappa shape index (κ3) is 11.4. The summed E-state index contributed by atoms with van der Waals surface area (Å²) in [6, 6.07) is -2.23. The molecule has 0 fully saturated rings. The van der Waals surface area contributed by atoms with Gasteiger partial charge in [-0.2, -0.15) is 0 Å². The number of nitrogens with one attached hydrogen (secondary N) is 2. The van der Waals surface area contributed by atoms with E-state index in [9.17, 15) is 19.2 Å². The number of hydrogen-bond acceptors (Lipinski definition) is 6. The molecule has 0 aromatic carbocycles. The Morgan fingerprint density at radius 1 is 0.625 bits per heavy atom. The quantitative estimate of drug-likeness (QED) is 0.213. The molecule has 0 saturated carbocycles. The zero-order valence-corrected chi connectivity index (χ0v) is 13.2. The monoisotopic (exact) mass is 348 g/mol. The highest BCUT2D eigenvalue weighted by Crippen LogP contribution is 2.01. The smallest absolute Gasteiger partial charge is 0.321 e. The highest BCUT2D eigenvalue weighted by atomic mass is 16.4. The number of carbonyl (C=O) groups is 4. The molecule has 0 aliphatic rings. The van der Waals surface area contributed by atoms with Crippen molar-refractivity contribution in [3.05, 3.63) is 0 Å². The summed E-state index contributed by atoms with van der Waals surface area (Å²) in [5, 5.41) is 40.1. The first kappa shape index (κ1) is 21.8. The average Bonchev–Trinajstić information content (AvgIpc) is 2.46. The summed E-state index contributed by atoms with van der Waals surface area (Å²) in [7, 11) is 0. The van der Waals surface area contributed by atoms with Gasteiger partial charge in [0.1, 0.15) is 12.1 Å². The van der Waals surface area contributed by atoms with Crippen molar-refractivity contribution in [1.82, 2.24) is 10.6 Å². The lowest BCUT2D eigenvalue weighted by Crippen LogP contribution is -2.39. The fourth-order valence-electron chi connectivity index (χ4n) is 2.00. The van der Waals surface area contributed by atoms with Crippen molar-refractivity contribution in [3.8, 4) is 0 Å². The lowest BCUT2D eigenvalue weighted by molar-refractivity contribution is -0.145. The fourth-order valence-corrected chi connectivity index (χ4v) is 2.00. The Morgan fingerprint density at radius 2 is 0.958 bits per heavy atom. The highest BCUT2D eigenvalue weighted by Gasteiger charge is 2.20. The normalized spacial score (nSPS) is 13.2. The molecule has 0 heterocycles. The second-order valence-corrected chi connectivity index (χ2v) is 5.30. The van der Waals surface area contributed by atoms with E-state index in [4.69, 9.17) is 20.4 Å². The Balaban J connectivity index is 3.75. The number of aliphatic carboxylic acids is 4. The summed E-state index contributed by atoms with van der Waals surface area (Å²) < 4.78 is 0. The van der Waals surface area contributed by atoms with Crippen LogP contribution in [-0.4, -0.2) is 69.5 Å². The van der Waals surface area contributed by atoms with Gasteiger partial charge in [0.2, 0.25) is 0 Å². The molecule has 0 spiro atoms. The zero-order chi connectivity index (χ0) is 18.5. The van der Waals surface area contributed by atoms with E-state index in [1.165, 1.54) is 0 Å². The third-order valence-corrected chi connectivity index (χ3v) is 3.24. The predicted molar refractivity (Wildman–Crippen MR) is 81.8 cm³/mol. The van der Waals surface area contributed by atoms with Crippen LogP contribution in [0.3, 0.4) is 0 Å². The summed E-state index contributed by atoms with van der Waals surface area (Å²) in [6.45, 7) is 0.739. The number of carboxylic acids is 4. The van der Waals surface area contributed by atoms with Gasteiger partial charge < -0.3 is 31.1 Å². The van der Waals surface area contributed by atoms with Gasteiger partial charge in [0.05, 0.1) is 12.8 Å². The molecule has 0 aliphatic heterocycles. The van der Waals surface area contributed by atoms with E-state index in [0.717, 1.165) is 12.8 Å². The molecule has 0 rings (SSSR count). The van der Waals surface area contributed by atoms with Crippen molar-refractivity contribution in [3.63, 3.8) is 0 Å². The summed E-state index contributed by atoms with van der Waals surface area (Å²) in [5.41, 5.74) is 0. The van der Waals surface area contributed by atoms with Crippen LogP contribution in [0.2, 0.25) is 0 Å². The third-order valence-electron chi connectivity index (χ3n) is 3.24. The van der Waals surface area contributed by atoms with Crippen molar-refractivity contribution in [2.45, 2.75) is 50.6 Å². The van der Waals surface area contributed by atoms with Crippen LogP contribution >= 0.6 is 0 Å². The van der Waals surface area contributed by atoms with Crippen LogP contribution in [0.25, 0.3) is 0 Å². The second-order valence-electron chi connectivity index (χ2n) is 5.30. The maximum absolute atomic E-state index is 10.8. The first-order valence-corrected chi connectivity index (χ1v) is 7.60. The topological polar surface area (TPSA) is 173 Å². The fraction of sp³-hybridized carbons (Fsp3) is 0.714. The van der Waals surface area contributed by atoms with E-state index in [-0.39, 0.29) is 0 Å². The SMILES string of the molecule is O=C(O)CC(NCCCCCCNC(CC(=O)O)C(=O)O)C(=O)O. The van der Waals surface area contributed by atoms with Crippen LogP contribution in [0.4, 0.5) is 0 Å². The summed E-state index contributed by atoms with van der Waals surface area (Å²) in [6.07, 6.45) is 1.84. The average molecular weight is 348 g/mol. The van der Waals surface area contributed by atoms with Crippen LogP contribution < -0.4 is 10.6 Å². The molecule has 10 nitrogen and oxygen atoms in total. The van der Waals surface area contributed by atoms with Crippen molar-refractivity contribution in [2.75, 3.05) is 13.1 Å². The standard InChI is InChI=1S/C14H24N2O8/c17-11(18)7-9(13(21)22)15-5-3-1-2-4-6-16-10(14(23)24)8-12(19)20/h9-10,15-16H,1-8H2,(H,17,18)(H,19,20)(H,21,22)(H,23,24). The maximum atomic E-state index is 10.8. The highest BCUT2D eigenvalue weighted by molar-refractivity contribution is 5.81. The van der Waals surface area contributed by atoms with Crippen molar-refractivity contribution >= 4 is 23.9 Å². The van der Waals surface area contributed by atoms with Crippen LogP contribution in [0.5, 0.6) is 0 Å². The molecule has 0 aliphatic carbocycles. The first-order valence-electron chi connectivity index (χ1n) is 7.60. The molecule has 0 aromatic rings. The number of hydrogen-bond donors (Lipinski definition) is 6. The lowest BCUT2D eigenvalue weighted by Gasteiger charge is -2.13. The first-order chi connectivity index (χ1) is 11.2. The van der Waals surface area contributed by atoms with Gasteiger partial charge in [-0.1, -0.05) is 12.8 Å². The minimum Gasteiger partial charge on any atom is -0.481 e. The van der Waals surface area contributed by atoms with Crippen LogP contribution in [-0.2, 0) is 19.2 Å². The summed E-state index contributed by atoms with van der Waals surface area (Å²) >= 11 is 0. The van der Waals surface area contributed by atoms with E-state index in [1.807, 2.05) is 0 Å². The van der Waals surface area contributed by atoms with E-state index >= 15 is 0 Å². The zero-order valence-electron chi connectivity index (χ0n) is 13.2.